The van der Waals surface area contributed by atoms with E-state index in [9.17, 15) is 9.59 Å². The summed E-state index contributed by atoms with van der Waals surface area (Å²) in [6.07, 6.45) is 1.70. The highest BCUT2D eigenvalue weighted by molar-refractivity contribution is 14.1. The number of methoxy groups -OCH3 is 2. The molecule has 2 aromatic rings. The van der Waals surface area contributed by atoms with Crippen LogP contribution in [0.2, 0.25) is 0 Å². The number of nitrogens with zero attached hydrogens (tertiary/aromatic N) is 1. The summed E-state index contributed by atoms with van der Waals surface area (Å²) < 4.78 is 17.4. The minimum absolute atomic E-state index is 0.241. The molecule has 30 heavy (non-hydrogen) atoms. The zero-order valence-electron chi connectivity index (χ0n) is 16.9. The van der Waals surface area contributed by atoms with Crippen molar-refractivity contribution in [1.82, 2.24) is 4.90 Å². The molecule has 2 amide bonds. The van der Waals surface area contributed by atoms with E-state index < -0.39 is 0 Å². The van der Waals surface area contributed by atoms with Crippen molar-refractivity contribution in [1.29, 1.82) is 0 Å². The van der Waals surface area contributed by atoms with Crippen LogP contribution in [0.5, 0.6) is 11.5 Å². The minimum atomic E-state index is -0.309. The standard InChI is InChI=1S/C22H22INO5S/c1-14-5-4-6-15(9-14)13-29-20-17(23)10-16(11-18(20)28-3)12-19-21(25)24(7-8-27-2)22(26)30-19/h4-6,9-12H,7-8,13H2,1-3H3/b19-12+. The minimum Gasteiger partial charge on any atom is -0.493 e. The van der Waals surface area contributed by atoms with Crippen molar-refractivity contribution >= 4 is 51.6 Å². The van der Waals surface area contributed by atoms with Crippen LogP contribution >= 0.6 is 34.4 Å². The molecule has 0 bridgehead atoms. The summed E-state index contributed by atoms with van der Waals surface area (Å²) in [6, 6.07) is 11.8. The molecule has 1 aliphatic rings. The fraction of sp³-hybridized carbons (Fsp3) is 0.273. The van der Waals surface area contributed by atoms with E-state index >= 15 is 0 Å². The molecule has 8 heteroatoms. The molecule has 1 aliphatic heterocycles. The number of carbonyl (C=O) groups is 2. The zero-order valence-corrected chi connectivity index (χ0v) is 19.9. The van der Waals surface area contributed by atoms with Crippen LogP contribution in [0.25, 0.3) is 6.08 Å². The number of hydrogen-bond donors (Lipinski definition) is 0. The molecule has 158 valence electrons. The highest BCUT2D eigenvalue weighted by Gasteiger charge is 2.34. The van der Waals surface area contributed by atoms with Crippen molar-refractivity contribution in [3.63, 3.8) is 0 Å². The number of ether oxygens (including phenoxy) is 3. The van der Waals surface area contributed by atoms with Gasteiger partial charge >= 0.3 is 0 Å². The number of benzene rings is 2. The van der Waals surface area contributed by atoms with Gasteiger partial charge in [0.1, 0.15) is 6.61 Å². The largest absolute Gasteiger partial charge is 0.493 e. The van der Waals surface area contributed by atoms with E-state index in [4.69, 9.17) is 14.2 Å². The quantitative estimate of drug-likeness (QED) is 0.353. The molecule has 1 saturated heterocycles. The summed E-state index contributed by atoms with van der Waals surface area (Å²) in [5.41, 5.74) is 3.01. The molecule has 0 aliphatic carbocycles. The van der Waals surface area contributed by atoms with Gasteiger partial charge in [0.15, 0.2) is 11.5 Å². The fourth-order valence-corrected chi connectivity index (χ4v) is 4.59. The third-order valence-electron chi connectivity index (χ3n) is 4.41. The van der Waals surface area contributed by atoms with Gasteiger partial charge in [-0.05, 0) is 70.6 Å². The van der Waals surface area contributed by atoms with E-state index in [1.54, 1.807) is 19.3 Å². The Bertz CT molecular complexity index is 991. The Morgan fingerprint density at radius 3 is 2.67 bits per heavy atom. The first-order valence-electron chi connectivity index (χ1n) is 9.23. The van der Waals surface area contributed by atoms with Gasteiger partial charge in [0, 0.05) is 7.11 Å². The molecule has 1 fully saturated rings. The van der Waals surface area contributed by atoms with Gasteiger partial charge in [0.2, 0.25) is 0 Å². The van der Waals surface area contributed by atoms with E-state index in [2.05, 4.69) is 28.7 Å². The molecule has 3 rings (SSSR count). The van der Waals surface area contributed by atoms with Gasteiger partial charge in [-0.15, -0.1) is 0 Å². The van der Waals surface area contributed by atoms with E-state index in [1.165, 1.54) is 17.6 Å². The lowest BCUT2D eigenvalue weighted by Gasteiger charge is -2.14. The molecular weight excluding hydrogens is 517 g/mol. The third-order valence-corrected chi connectivity index (χ3v) is 6.12. The van der Waals surface area contributed by atoms with Gasteiger partial charge in [-0.1, -0.05) is 29.8 Å². The predicted molar refractivity (Wildman–Crippen MR) is 126 cm³/mol. The first kappa shape index (κ1) is 22.6. The maximum Gasteiger partial charge on any atom is 0.293 e. The first-order chi connectivity index (χ1) is 14.4. The second kappa shape index (κ2) is 10.3. The molecule has 0 unspecified atom stereocenters. The molecule has 1 heterocycles. The van der Waals surface area contributed by atoms with Crippen LogP contribution in [0.15, 0.2) is 41.3 Å². The Morgan fingerprint density at radius 2 is 1.97 bits per heavy atom. The average molecular weight is 539 g/mol. The predicted octanol–water partition coefficient (Wildman–Crippen LogP) is 4.87. The van der Waals surface area contributed by atoms with Gasteiger partial charge < -0.3 is 14.2 Å². The lowest BCUT2D eigenvalue weighted by atomic mass is 10.1. The smallest absolute Gasteiger partial charge is 0.293 e. The van der Waals surface area contributed by atoms with E-state index in [1.807, 2.05) is 31.2 Å². The topological polar surface area (TPSA) is 65.1 Å². The number of halogens is 1. The number of thioether (sulfide) groups is 1. The second-order valence-corrected chi connectivity index (χ2v) is 8.79. The number of amides is 2. The van der Waals surface area contributed by atoms with E-state index in [0.717, 1.165) is 26.5 Å². The summed E-state index contributed by atoms with van der Waals surface area (Å²) in [6.45, 7) is 3.01. The Kier molecular flexibility index (Phi) is 7.79. The van der Waals surface area contributed by atoms with Crippen molar-refractivity contribution in [3.05, 3.63) is 61.6 Å². The average Bonchev–Trinajstić information content (AvgIpc) is 2.98. The number of hydrogen-bond acceptors (Lipinski definition) is 6. The van der Waals surface area contributed by atoms with Crippen LogP contribution in [0.3, 0.4) is 0 Å². The monoisotopic (exact) mass is 539 g/mol. The zero-order chi connectivity index (χ0) is 21.7. The van der Waals surface area contributed by atoms with Crippen LogP contribution < -0.4 is 9.47 Å². The summed E-state index contributed by atoms with van der Waals surface area (Å²) >= 11 is 3.11. The van der Waals surface area contributed by atoms with E-state index in [0.29, 0.717) is 29.6 Å². The molecule has 0 aromatic heterocycles. The van der Waals surface area contributed by atoms with Gasteiger partial charge in [-0.3, -0.25) is 14.5 Å². The number of rotatable bonds is 8. The highest BCUT2D eigenvalue weighted by atomic mass is 127. The molecule has 0 spiro atoms. The molecule has 6 nitrogen and oxygen atoms in total. The molecular formula is C22H22INO5S. The molecule has 0 saturated carbocycles. The molecule has 0 atom stereocenters. The van der Waals surface area contributed by atoms with Gasteiger partial charge in [-0.2, -0.15) is 0 Å². The van der Waals surface area contributed by atoms with Crippen molar-refractivity contribution < 1.29 is 23.8 Å². The maximum absolute atomic E-state index is 12.5. The van der Waals surface area contributed by atoms with Crippen LogP contribution in [-0.4, -0.2) is 43.4 Å². The SMILES string of the molecule is COCCN1C(=O)S/C(=C/c2cc(I)c(OCc3cccc(C)c3)c(OC)c2)C1=O. The van der Waals surface area contributed by atoms with Gasteiger partial charge in [0.05, 0.1) is 28.7 Å². The number of carbonyl (C=O) groups excluding carboxylic acids is 2. The lowest BCUT2D eigenvalue weighted by molar-refractivity contribution is -0.123. The molecule has 0 radical (unpaired) electrons. The van der Waals surface area contributed by atoms with Crippen molar-refractivity contribution in [2.24, 2.45) is 0 Å². The Morgan fingerprint density at radius 1 is 1.17 bits per heavy atom. The fourth-order valence-electron chi connectivity index (χ4n) is 2.95. The number of imide groups is 1. The summed E-state index contributed by atoms with van der Waals surface area (Å²) in [5.74, 6) is 0.903. The Hall–Kier alpha value is -2.04. The van der Waals surface area contributed by atoms with Crippen molar-refractivity contribution in [2.75, 3.05) is 27.4 Å². The van der Waals surface area contributed by atoms with Crippen molar-refractivity contribution in [3.8, 4) is 11.5 Å². The van der Waals surface area contributed by atoms with Gasteiger partial charge in [-0.25, -0.2) is 0 Å². The normalized spacial score (nSPS) is 15.2. The summed E-state index contributed by atoms with van der Waals surface area (Å²) in [7, 11) is 3.11. The maximum atomic E-state index is 12.5. The first-order valence-corrected chi connectivity index (χ1v) is 11.1. The lowest BCUT2D eigenvalue weighted by Crippen LogP contribution is -2.31. The van der Waals surface area contributed by atoms with Crippen LogP contribution in [0.4, 0.5) is 4.79 Å². The molecule has 2 aromatic carbocycles. The summed E-state index contributed by atoms with van der Waals surface area (Å²) in [4.78, 5) is 26.2. The van der Waals surface area contributed by atoms with Crippen molar-refractivity contribution in [2.45, 2.75) is 13.5 Å². The highest BCUT2D eigenvalue weighted by Crippen LogP contribution is 2.37. The second-order valence-electron chi connectivity index (χ2n) is 6.64. The Balaban J connectivity index is 1.81. The van der Waals surface area contributed by atoms with Gasteiger partial charge in [0.25, 0.3) is 11.1 Å². The van der Waals surface area contributed by atoms with Crippen LogP contribution in [0, 0.1) is 10.5 Å². The summed E-state index contributed by atoms with van der Waals surface area (Å²) in [5, 5.41) is -0.289. The number of aryl methyl sites for hydroxylation is 1. The third kappa shape index (κ3) is 5.35. The Labute approximate surface area is 193 Å². The van der Waals surface area contributed by atoms with Crippen LogP contribution in [-0.2, 0) is 16.1 Å². The molecule has 0 N–H and O–H groups in total. The van der Waals surface area contributed by atoms with Crippen LogP contribution in [0.1, 0.15) is 16.7 Å². The van der Waals surface area contributed by atoms with E-state index in [-0.39, 0.29) is 17.7 Å².